The van der Waals surface area contributed by atoms with Crippen LogP contribution in [0.15, 0.2) is 35.5 Å². The average Bonchev–Trinajstić information content (AvgIpc) is 2.77. The van der Waals surface area contributed by atoms with Gasteiger partial charge in [-0.25, -0.2) is 8.78 Å². The maximum atomic E-state index is 13.1. The highest BCUT2D eigenvalue weighted by molar-refractivity contribution is 8.00. The summed E-state index contributed by atoms with van der Waals surface area (Å²) in [5.41, 5.74) is 0.169. The van der Waals surface area contributed by atoms with E-state index in [0.717, 1.165) is 17.0 Å². The predicted molar refractivity (Wildman–Crippen MR) is 69.2 cm³/mol. The number of thioether (sulfide) groups is 1. The molecule has 1 unspecified atom stereocenters. The summed E-state index contributed by atoms with van der Waals surface area (Å²) >= 11 is 1.33. The Hall–Kier alpha value is -1.69. The van der Waals surface area contributed by atoms with E-state index in [1.807, 2.05) is 0 Å². The van der Waals surface area contributed by atoms with E-state index in [4.69, 9.17) is 0 Å². The molecule has 2 aromatic rings. The van der Waals surface area contributed by atoms with E-state index in [-0.39, 0.29) is 11.3 Å². The molecule has 6 heteroatoms. The van der Waals surface area contributed by atoms with Gasteiger partial charge in [-0.05, 0) is 25.1 Å². The lowest BCUT2D eigenvalue weighted by Gasteiger charge is -2.09. The molecule has 2 rings (SSSR count). The Morgan fingerprint density at radius 2 is 2.11 bits per heavy atom. The minimum Gasteiger partial charge on any atom is -0.293 e. The molecule has 3 nitrogen and oxygen atoms in total. The van der Waals surface area contributed by atoms with Crippen LogP contribution in [-0.4, -0.2) is 20.8 Å². The van der Waals surface area contributed by atoms with Gasteiger partial charge < -0.3 is 0 Å². The zero-order valence-electron chi connectivity index (χ0n) is 10.4. The molecule has 0 saturated carbocycles. The first-order valence-corrected chi connectivity index (χ1v) is 6.50. The van der Waals surface area contributed by atoms with Crippen molar-refractivity contribution in [1.82, 2.24) is 9.78 Å². The predicted octanol–water partition coefficient (Wildman–Crippen LogP) is 3.06. The Morgan fingerprint density at radius 1 is 1.37 bits per heavy atom. The molecule has 1 aromatic carbocycles. The van der Waals surface area contributed by atoms with Crippen molar-refractivity contribution in [3.8, 4) is 0 Å². The quantitative estimate of drug-likeness (QED) is 0.638. The third-order valence-corrected chi connectivity index (χ3v) is 3.62. The number of aryl methyl sites for hydroxylation is 1. The van der Waals surface area contributed by atoms with Gasteiger partial charge in [-0.2, -0.15) is 5.10 Å². The summed E-state index contributed by atoms with van der Waals surface area (Å²) in [4.78, 5) is 12.9. The molecule has 19 heavy (non-hydrogen) atoms. The monoisotopic (exact) mass is 282 g/mol. The van der Waals surface area contributed by atoms with Crippen LogP contribution in [0.4, 0.5) is 8.78 Å². The van der Waals surface area contributed by atoms with Crippen molar-refractivity contribution in [2.75, 3.05) is 0 Å². The minimum absolute atomic E-state index is 0.169. The van der Waals surface area contributed by atoms with Gasteiger partial charge in [-0.1, -0.05) is 0 Å². The summed E-state index contributed by atoms with van der Waals surface area (Å²) in [5, 5.41) is 3.61. The van der Waals surface area contributed by atoms with E-state index in [9.17, 15) is 13.6 Å². The molecule has 0 radical (unpaired) electrons. The fourth-order valence-electron chi connectivity index (χ4n) is 1.60. The molecule has 0 aliphatic heterocycles. The Balaban J connectivity index is 2.12. The van der Waals surface area contributed by atoms with Crippen LogP contribution in [0, 0.1) is 11.6 Å². The van der Waals surface area contributed by atoms with Gasteiger partial charge in [-0.3, -0.25) is 9.48 Å². The molecular formula is C13H12F2N2OS. The number of Topliss-reactive ketones (excluding diaryl/α,β-unsaturated/α-hetero) is 1. The number of rotatable bonds is 4. The zero-order valence-corrected chi connectivity index (χ0v) is 11.2. The molecule has 0 amide bonds. The summed E-state index contributed by atoms with van der Waals surface area (Å²) in [6.07, 6.45) is 3.44. The second-order valence-corrected chi connectivity index (χ2v) is 5.52. The number of aromatic nitrogens is 2. The Kier molecular flexibility index (Phi) is 3.99. The molecule has 0 spiro atoms. The van der Waals surface area contributed by atoms with Crippen LogP contribution < -0.4 is 0 Å². The number of nitrogens with zero attached hydrogens (tertiary/aromatic N) is 2. The van der Waals surface area contributed by atoms with Crippen LogP contribution in [0.2, 0.25) is 0 Å². The second-order valence-electron chi connectivity index (χ2n) is 4.10. The molecule has 0 aliphatic carbocycles. The van der Waals surface area contributed by atoms with Gasteiger partial charge in [0.2, 0.25) is 0 Å². The first kappa shape index (κ1) is 13.7. The molecular weight excluding hydrogens is 270 g/mol. The van der Waals surface area contributed by atoms with Crippen LogP contribution in [0.25, 0.3) is 0 Å². The van der Waals surface area contributed by atoms with Gasteiger partial charge >= 0.3 is 0 Å². The lowest BCUT2D eigenvalue weighted by Crippen LogP contribution is -2.13. The van der Waals surface area contributed by atoms with Gasteiger partial charge in [0.1, 0.15) is 0 Å². The first-order chi connectivity index (χ1) is 8.97. The highest BCUT2D eigenvalue weighted by Gasteiger charge is 2.18. The van der Waals surface area contributed by atoms with Gasteiger partial charge in [0, 0.05) is 23.7 Å². The van der Waals surface area contributed by atoms with Crippen molar-refractivity contribution < 1.29 is 13.6 Å². The zero-order chi connectivity index (χ0) is 14.0. The Labute approximate surface area is 113 Å². The van der Waals surface area contributed by atoms with Crippen molar-refractivity contribution in [1.29, 1.82) is 0 Å². The first-order valence-electron chi connectivity index (χ1n) is 5.62. The highest BCUT2D eigenvalue weighted by atomic mass is 32.2. The van der Waals surface area contributed by atoms with E-state index in [2.05, 4.69) is 5.10 Å². The lowest BCUT2D eigenvalue weighted by atomic mass is 10.1. The van der Waals surface area contributed by atoms with Gasteiger partial charge in [-0.15, -0.1) is 11.8 Å². The summed E-state index contributed by atoms with van der Waals surface area (Å²) in [6, 6.07) is 3.18. The smallest absolute Gasteiger partial charge is 0.175 e. The number of benzene rings is 1. The molecule has 0 saturated heterocycles. The second kappa shape index (κ2) is 5.52. The largest absolute Gasteiger partial charge is 0.293 e. The van der Waals surface area contributed by atoms with Crippen molar-refractivity contribution in [2.24, 2.45) is 7.05 Å². The average molecular weight is 282 g/mol. The molecule has 100 valence electrons. The van der Waals surface area contributed by atoms with E-state index >= 15 is 0 Å². The SMILES string of the molecule is CC(Sc1cnn(C)c1)C(=O)c1ccc(F)c(F)c1. The molecule has 1 atom stereocenters. The van der Waals surface area contributed by atoms with E-state index in [1.54, 1.807) is 31.0 Å². The topological polar surface area (TPSA) is 34.9 Å². The number of hydrogen-bond donors (Lipinski definition) is 0. The van der Waals surface area contributed by atoms with Gasteiger partial charge in [0.15, 0.2) is 17.4 Å². The third kappa shape index (κ3) is 3.20. The Bertz CT molecular complexity index is 612. The van der Waals surface area contributed by atoms with E-state index in [1.165, 1.54) is 17.8 Å². The summed E-state index contributed by atoms with van der Waals surface area (Å²) in [7, 11) is 1.78. The summed E-state index contributed by atoms with van der Waals surface area (Å²) in [6.45, 7) is 1.72. The number of carbonyl (C=O) groups excluding carboxylic acids is 1. The van der Waals surface area contributed by atoms with E-state index < -0.39 is 16.9 Å². The minimum atomic E-state index is -1.01. The fourth-order valence-corrected chi connectivity index (χ4v) is 2.57. The van der Waals surface area contributed by atoms with Gasteiger partial charge in [0.05, 0.1) is 11.4 Å². The molecule has 1 aromatic heterocycles. The summed E-state index contributed by atoms with van der Waals surface area (Å²) < 4.78 is 27.5. The standard InChI is InChI=1S/C13H12F2N2OS/c1-8(19-10-6-16-17(2)7-10)13(18)9-3-4-11(14)12(15)5-9/h3-8H,1-2H3. The lowest BCUT2D eigenvalue weighted by molar-refractivity contribution is 0.0993. The van der Waals surface area contributed by atoms with Gasteiger partial charge in [0.25, 0.3) is 0 Å². The molecule has 0 aliphatic rings. The van der Waals surface area contributed by atoms with Crippen LogP contribution in [0.5, 0.6) is 0 Å². The summed E-state index contributed by atoms with van der Waals surface area (Å²) in [5.74, 6) is -2.21. The van der Waals surface area contributed by atoms with Crippen molar-refractivity contribution in [2.45, 2.75) is 17.1 Å². The van der Waals surface area contributed by atoms with Crippen molar-refractivity contribution in [3.63, 3.8) is 0 Å². The van der Waals surface area contributed by atoms with Crippen LogP contribution >= 0.6 is 11.8 Å². The molecule has 0 N–H and O–H groups in total. The van der Waals surface area contributed by atoms with Crippen LogP contribution in [0.1, 0.15) is 17.3 Å². The molecule has 0 fully saturated rings. The van der Waals surface area contributed by atoms with Crippen molar-refractivity contribution >= 4 is 17.5 Å². The third-order valence-electron chi connectivity index (χ3n) is 2.57. The number of hydrogen-bond acceptors (Lipinski definition) is 3. The number of ketones is 1. The fraction of sp³-hybridized carbons (Fsp3) is 0.231. The molecule has 1 heterocycles. The maximum Gasteiger partial charge on any atom is 0.175 e. The highest BCUT2D eigenvalue weighted by Crippen LogP contribution is 2.25. The Morgan fingerprint density at radius 3 is 2.68 bits per heavy atom. The molecule has 0 bridgehead atoms. The number of halogens is 2. The normalized spacial score (nSPS) is 12.4. The van der Waals surface area contributed by atoms with E-state index in [0.29, 0.717) is 0 Å². The maximum absolute atomic E-state index is 13.1. The number of carbonyl (C=O) groups is 1. The van der Waals surface area contributed by atoms with Crippen molar-refractivity contribution in [3.05, 3.63) is 47.8 Å². The van der Waals surface area contributed by atoms with Crippen LogP contribution in [-0.2, 0) is 7.05 Å². The van der Waals surface area contributed by atoms with Crippen LogP contribution in [0.3, 0.4) is 0 Å².